The Balaban J connectivity index is 2.71. The first-order chi connectivity index (χ1) is 6.15. The molecule has 1 rings (SSSR count). The Morgan fingerprint density at radius 1 is 1.54 bits per heavy atom. The summed E-state index contributed by atoms with van der Waals surface area (Å²) in [5.74, 6) is 0.882. The molecule has 1 saturated carbocycles. The third-order valence-electron chi connectivity index (χ3n) is 2.52. The van der Waals surface area contributed by atoms with Crippen LogP contribution in [0.5, 0.6) is 0 Å². The Hall–Kier alpha value is -0.790. The van der Waals surface area contributed by atoms with Crippen molar-refractivity contribution >= 4 is 5.78 Å². The monoisotopic (exact) mass is 181 g/mol. The second-order valence-corrected chi connectivity index (χ2v) is 4.00. The second kappa shape index (κ2) is 4.45. The van der Waals surface area contributed by atoms with Crippen molar-refractivity contribution in [2.75, 3.05) is 14.1 Å². The van der Waals surface area contributed by atoms with E-state index >= 15 is 0 Å². The predicted octanol–water partition coefficient (Wildman–Crippen LogP) is 2.21. The average molecular weight is 181 g/mol. The Bertz CT molecular complexity index is 218. The van der Waals surface area contributed by atoms with E-state index < -0.39 is 0 Å². The molecule has 0 bridgehead atoms. The number of rotatable bonds is 3. The van der Waals surface area contributed by atoms with Gasteiger partial charge in [0.05, 0.1) is 0 Å². The highest BCUT2D eigenvalue weighted by Gasteiger charge is 2.27. The summed E-state index contributed by atoms with van der Waals surface area (Å²) in [5.41, 5.74) is 1.05. The first-order valence-corrected chi connectivity index (χ1v) is 5.06. The van der Waals surface area contributed by atoms with Crippen LogP contribution in [0.3, 0.4) is 0 Å². The molecular weight excluding hydrogens is 162 g/mol. The molecule has 1 aliphatic carbocycles. The first kappa shape index (κ1) is 10.3. The molecule has 0 radical (unpaired) electrons. The molecule has 0 aromatic heterocycles. The van der Waals surface area contributed by atoms with E-state index in [-0.39, 0.29) is 0 Å². The van der Waals surface area contributed by atoms with Crippen LogP contribution in [0, 0.1) is 5.92 Å². The number of nitrogens with zero attached hydrogens (tertiary/aromatic N) is 1. The van der Waals surface area contributed by atoms with Gasteiger partial charge in [-0.05, 0) is 18.8 Å². The van der Waals surface area contributed by atoms with Gasteiger partial charge in [-0.15, -0.1) is 0 Å². The predicted molar refractivity (Wildman–Crippen MR) is 54.4 cm³/mol. The van der Waals surface area contributed by atoms with Crippen LogP contribution < -0.4 is 0 Å². The summed E-state index contributed by atoms with van der Waals surface area (Å²) in [4.78, 5) is 13.5. The lowest BCUT2D eigenvalue weighted by Crippen LogP contribution is -2.09. The van der Waals surface area contributed by atoms with Crippen LogP contribution in [0.2, 0.25) is 0 Å². The van der Waals surface area contributed by atoms with Crippen molar-refractivity contribution in [1.82, 2.24) is 4.90 Å². The van der Waals surface area contributed by atoms with E-state index in [1.165, 1.54) is 6.42 Å². The van der Waals surface area contributed by atoms with Gasteiger partial charge in [0.1, 0.15) is 0 Å². The Labute approximate surface area is 80.6 Å². The summed E-state index contributed by atoms with van der Waals surface area (Å²) in [5, 5.41) is 0. The number of carbonyl (C=O) groups excluding carboxylic acids is 1. The average Bonchev–Trinajstić information content (AvgIpc) is 2.36. The molecule has 0 aromatic rings. The summed E-state index contributed by atoms with van der Waals surface area (Å²) in [7, 11) is 3.95. The Morgan fingerprint density at radius 3 is 2.77 bits per heavy atom. The minimum atomic E-state index is 0.354. The lowest BCUT2D eigenvalue weighted by Gasteiger charge is -2.12. The van der Waals surface area contributed by atoms with Gasteiger partial charge in [0.25, 0.3) is 0 Å². The second-order valence-electron chi connectivity index (χ2n) is 4.00. The van der Waals surface area contributed by atoms with Gasteiger partial charge in [-0.1, -0.05) is 13.3 Å². The zero-order valence-corrected chi connectivity index (χ0v) is 8.84. The van der Waals surface area contributed by atoms with Crippen molar-refractivity contribution in [3.05, 3.63) is 11.8 Å². The summed E-state index contributed by atoms with van der Waals surface area (Å²) in [6.45, 7) is 2.18. The standard InChI is InChI=1S/C11H19NO/c1-4-5-9-6-7-11(13)10(9)8-12(2)3/h8-9H,4-7H2,1-3H3. The maximum atomic E-state index is 11.5. The van der Waals surface area contributed by atoms with Gasteiger partial charge < -0.3 is 4.90 Å². The zero-order chi connectivity index (χ0) is 9.84. The van der Waals surface area contributed by atoms with Crippen LogP contribution in [0.4, 0.5) is 0 Å². The van der Waals surface area contributed by atoms with E-state index in [2.05, 4.69) is 6.92 Å². The smallest absolute Gasteiger partial charge is 0.160 e. The highest BCUT2D eigenvalue weighted by atomic mass is 16.1. The van der Waals surface area contributed by atoms with Crippen molar-refractivity contribution < 1.29 is 4.79 Å². The number of carbonyl (C=O) groups is 1. The number of Topliss-reactive ketones (excluding diaryl/α,β-unsaturated/α-hetero) is 1. The molecule has 0 amide bonds. The molecule has 74 valence electrons. The van der Waals surface area contributed by atoms with E-state index in [9.17, 15) is 4.79 Å². The zero-order valence-electron chi connectivity index (χ0n) is 8.84. The fraction of sp³-hybridized carbons (Fsp3) is 0.727. The number of hydrogen-bond donors (Lipinski definition) is 0. The molecule has 2 heteroatoms. The van der Waals surface area contributed by atoms with E-state index in [0.29, 0.717) is 11.7 Å². The highest BCUT2D eigenvalue weighted by Crippen LogP contribution is 2.31. The molecule has 1 atom stereocenters. The van der Waals surface area contributed by atoms with Crippen LogP contribution in [0.15, 0.2) is 11.8 Å². The molecule has 2 nitrogen and oxygen atoms in total. The largest absolute Gasteiger partial charge is 0.383 e. The van der Waals surface area contributed by atoms with Gasteiger partial charge in [0, 0.05) is 32.3 Å². The van der Waals surface area contributed by atoms with Gasteiger partial charge in [-0.25, -0.2) is 0 Å². The number of allylic oxidation sites excluding steroid dienone is 1. The van der Waals surface area contributed by atoms with Gasteiger partial charge in [-0.3, -0.25) is 4.79 Å². The molecule has 0 N–H and O–H groups in total. The van der Waals surface area contributed by atoms with E-state index in [1.54, 1.807) is 0 Å². The van der Waals surface area contributed by atoms with Crippen molar-refractivity contribution in [3.63, 3.8) is 0 Å². The van der Waals surface area contributed by atoms with Crippen molar-refractivity contribution in [3.8, 4) is 0 Å². The molecular formula is C11H19NO. The molecule has 0 aliphatic heterocycles. The van der Waals surface area contributed by atoms with Gasteiger partial charge in [0.2, 0.25) is 0 Å². The molecule has 0 aromatic carbocycles. The molecule has 1 fully saturated rings. The van der Waals surface area contributed by atoms with Crippen molar-refractivity contribution in [1.29, 1.82) is 0 Å². The van der Waals surface area contributed by atoms with E-state index in [1.807, 2.05) is 25.2 Å². The molecule has 13 heavy (non-hydrogen) atoms. The molecule has 1 aliphatic rings. The highest BCUT2D eigenvalue weighted by molar-refractivity contribution is 5.97. The van der Waals surface area contributed by atoms with Crippen molar-refractivity contribution in [2.45, 2.75) is 32.6 Å². The molecule has 0 saturated heterocycles. The minimum Gasteiger partial charge on any atom is -0.383 e. The quantitative estimate of drug-likeness (QED) is 0.622. The van der Waals surface area contributed by atoms with Gasteiger partial charge in [-0.2, -0.15) is 0 Å². The van der Waals surface area contributed by atoms with Crippen LogP contribution in [-0.4, -0.2) is 24.8 Å². The summed E-state index contributed by atoms with van der Waals surface area (Å²) < 4.78 is 0. The molecule has 0 heterocycles. The van der Waals surface area contributed by atoms with E-state index in [0.717, 1.165) is 24.8 Å². The van der Waals surface area contributed by atoms with Crippen LogP contribution in [0.1, 0.15) is 32.6 Å². The van der Waals surface area contributed by atoms with E-state index in [4.69, 9.17) is 0 Å². The lowest BCUT2D eigenvalue weighted by molar-refractivity contribution is -0.114. The van der Waals surface area contributed by atoms with Gasteiger partial charge in [0.15, 0.2) is 5.78 Å². The maximum Gasteiger partial charge on any atom is 0.160 e. The molecule has 1 unspecified atom stereocenters. The molecule has 0 spiro atoms. The third kappa shape index (κ3) is 2.58. The number of ketones is 1. The summed E-state index contributed by atoms with van der Waals surface area (Å²) >= 11 is 0. The summed E-state index contributed by atoms with van der Waals surface area (Å²) in [6.07, 6.45) is 6.14. The fourth-order valence-electron chi connectivity index (χ4n) is 1.94. The minimum absolute atomic E-state index is 0.354. The topological polar surface area (TPSA) is 20.3 Å². The third-order valence-corrected chi connectivity index (χ3v) is 2.52. The number of hydrogen-bond acceptors (Lipinski definition) is 2. The summed E-state index contributed by atoms with van der Waals surface area (Å²) in [6, 6.07) is 0. The Kier molecular flexibility index (Phi) is 3.52. The Morgan fingerprint density at radius 2 is 2.23 bits per heavy atom. The lowest BCUT2D eigenvalue weighted by atomic mass is 9.98. The van der Waals surface area contributed by atoms with Crippen LogP contribution in [-0.2, 0) is 4.79 Å². The maximum absolute atomic E-state index is 11.5. The van der Waals surface area contributed by atoms with Gasteiger partial charge >= 0.3 is 0 Å². The first-order valence-electron chi connectivity index (χ1n) is 5.06. The van der Waals surface area contributed by atoms with Crippen LogP contribution >= 0.6 is 0 Å². The normalized spacial score (nSPS) is 25.6. The fourth-order valence-corrected chi connectivity index (χ4v) is 1.94. The SMILES string of the molecule is CCCC1CCC(=O)C1=CN(C)C. The van der Waals surface area contributed by atoms with Crippen molar-refractivity contribution in [2.24, 2.45) is 5.92 Å². The van der Waals surface area contributed by atoms with Crippen LogP contribution in [0.25, 0.3) is 0 Å².